The van der Waals surface area contributed by atoms with Gasteiger partial charge in [-0.1, -0.05) is 18.6 Å². The average molecular weight is 901 g/mol. The number of aliphatic hydroxyl groups is 1. The molecule has 4 aromatic carbocycles. The second-order valence-corrected chi connectivity index (χ2v) is 17.4. The van der Waals surface area contributed by atoms with E-state index in [9.17, 15) is 45.5 Å². The molecule has 0 bridgehead atoms. The number of hydrogen-bond acceptors (Lipinski definition) is 12. The summed E-state index contributed by atoms with van der Waals surface area (Å²) in [6.07, 6.45) is -1.24. The van der Waals surface area contributed by atoms with Crippen LogP contribution in [-0.2, 0) is 32.7 Å². The number of halogens is 4. The van der Waals surface area contributed by atoms with E-state index in [1.54, 1.807) is 23.9 Å². The molecule has 2 aromatic heterocycles. The summed E-state index contributed by atoms with van der Waals surface area (Å²) in [5.74, 6) is -3.03. The van der Waals surface area contributed by atoms with Crippen molar-refractivity contribution in [2.24, 2.45) is 7.05 Å². The van der Waals surface area contributed by atoms with Crippen LogP contribution in [0.3, 0.4) is 0 Å². The molecule has 0 radical (unpaired) electrons. The number of nitriles is 1. The number of sulfone groups is 1. The lowest BCUT2D eigenvalue weighted by Gasteiger charge is -2.33. The number of amides is 2. The number of carbonyl (C=O) groups is 2. The number of benzene rings is 4. The Bertz CT molecular complexity index is 2950. The lowest BCUT2D eigenvalue weighted by atomic mass is 9.83. The SMILES string of the molecule is Cn1ncnc1[C@H]1c2n[nH]c(=O)c3cc(F)cc(c23)N[C@@H]1c1ccc(NC(=O)CCCCCNc2ccc(S(=O)(=O)CC(C)(O)C(=O)Nc3ccc(C#N)c(C(F)(F)F)c3)cc2)cc1. The highest BCUT2D eigenvalue weighted by Crippen LogP contribution is 2.46. The zero-order valence-corrected chi connectivity index (χ0v) is 34.9. The molecule has 332 valence electrons. The molecule has 3 heterocycles. The summed E-state index contributed by atoms with van der Waals surface area (Å²) in [6.45, 7) is 1.44. The van der Waals surface area contributed by atoms with Crippen LogP contribution in [0.25, 0.3) is 10.8 Å². The van der Waals surface area contributed by atoms with E-state index in [4.69, 9.17) is 5.26 Å². The number of rotatable bonds is 15. The number of unbranched alkanes of at least 4 members (excludes halogenated alkanes) is 2. The summed E-state index contributed by atoms with van der Waals surface area (Å²) in [5, 5.41) is 43.0. The summed E-state index contributed by atoms with van der Waals surface area (Å²) in [6, 6.07) is 18.6. The fourth-order valence-electron chi connectivity index (χ4n) is 7.51. The van der Waals surface area contributed by atoms with E-state index >= 15 is 0 Å². The van der Waals surface area contributed by atoms with Crippen molar-refractivity contribution in [3.8, 4) is 6.07 Å². The predicted octanol–water partition coefficient (Wildman–Crippen LogP) is 6.15. The molecule has 21 heteroatoms. The minimum absolute atomic E-state index is 0.162. The molecule has 0 spiro atoms. The molecule has 16 nitrogen and oxygen atoms in total. The van der Waals surface area contributed by atoms with Gasteiger partial charge in [-0.15, -0.1) is 0 Å². The van der Waals surface area contributed by atoms with Gasteiger partial charge in [0, 0.05) is 48.1 Å². The highest BCUT2D eigenvalue weighted by Gasteiger charge is 2.39. The maximum absolute atomic E-state index is 14.6. The van der Waals surface area contributed by atoms with Gasteiger partial charge >= 0.3 is 6.18 Å². The lowest BCUT2D eigenvalue weighted by molar-refractivity contribution is -0.138. The predicted molar refractivity (Wildman–Crippen MR) is 227 cm³/mol. The Morgan fingerprint density at radius 3 is 2.33 bits per heavy atom. The number of hydrogen-bond donors (Lipinski definition) is 6. The zero-order chi connectivity index (χ0) is 46.0. The molecule has 0 saturated carbocycles. The smallest absolute Gasteiger partial charge is 0.385 e. The Balaban J connectivity index is 0.869. The van der Waals surface area contributed by atoms with Crippen LogP contribution in [0.5, 0.6) is 0 Å². The maximum atomic E-state index is 14.6. The van der Waals surface area contributed by atoms with Gasteiger partial charge in [-0.2, -0.15) is 28.6 Å². The molecule has 1 aliphatic rings. The van der Waals surface area contributed by atoms with Crippen molar-refractivity contribution in [1.82, 2.24) is 25.0 Å². The molecule has 0 fully saturated rings. The largest absolute Gasteiger partial charge is 0.417 e. The zero-order valence-electron chi connectivity index (χ0n) is 34.1. The van der Waals surface area contributed by atoms with Gasteiger partial charge in [0.2, 0.25) is 5.91 Å². The van der Waals surface area contributed by atoms with Crippen LogP contribution in [0.4, 0.5) is 40.3 Å². The first-order chi connectivity index (χ1) is 30.3. The van der Waals surface area contributed by atoms with Crippen molar-refractivity contribution in [2.75, 3.05) is 33.6 Å². The number of alkyl halides is 3. The van der Waals surface area contributed by atoms with Crippen molar-refractivity contribution in [3.63, 3.8) is 0 Å². The maximum Gasteiger partial charge on any atom is 0.417 e. The summed E-state index contributed by atoms with van der Waals surface area (Å²) in [7, 11) is -2.50. The molecule has 3 atom stereocenters. The highest BCUT2D eigenvalue weighted by molar-refractivity contribution is 7.91. The third-order valence-electron chi connectivity index (χ3n) is 10.7. The van der Waals surface area contributed by atoms with Crippen molar-refractivity contribution in [1.29, 1.82) is 5.26 Å². The van der Waals surface area contributed by atoms with Crippen molar-refractivity contribution in [3.05, 3.63) is 130 Å². The second kappa shape index (κ2) is 17.9. The molecule has 1 aliphatic heterocycles. The first kappa shape index (κ1) is 44.9. The molecule has 1 unspecified atom stereocenters. The molecular formula is C43H40F4N10O6S. The highest BCUT2D eigenvalue weighted by atomic mass is 32.2. The van der Waals surface area contributed by atoms with Crippen LogP contribution in [0.1, 0.15) is 72.8 Å². The van der Waals surface area contributed by atoms with E-state index in [0.29, 0.717) is 65.8 Å². The Hall–Kier alpha value is -7.18. The third kappa shape index (κ3) is 9.72. The first-order valence-corrected chi connectivity index (χ1v) is 21.4. The summed E-state index contributed by atoms with van der Waals surface area (Å²) in [5.41, 5.74) is -2.52. The van der Waals surface area contributed by atoms with Gasteiger partial charge < -0.3 is 26.4 Å². The van der Waals surface area contributed by atoms with E-state index in [2.05, 4.69) is 41.5 Å². The lowest BCUT2D eigenvalue weighted by Crippen LogP contribution is -2.45. The Morgan fingerprint density at radius 2 is 1.66 bits per heavy atom. The van der Waals surface area contributed by atoms with Gasteiger partial charge in [-0.3, -0.25) is 19.1 Å². The number of carbonyl (C=O) groups excluding carboxylic acids is 2. The number of anilines is 4. The fourth-order valence-corrected chi connectivity index (χ4v) is 9.10. The summed E-state index contributed by atoms with van der Waals surface area (Å²) >= 11 is 0. The van der Waals surface area contributed by atoms with Crippen molar-refractivity contribution < 1.29 is 40.7 Å². The number of aryl methyl sites for hydroxylation is 1. The molecule has 6 aromatic rings. The fraction of sp³-hybridized carbons (Fsp3) is 0.279. The van der Waals surface area contributed by atoms with Crippen LogP contribution >= 0.6 is 0 Å². The standard InChI is InChI=1S/C43H40F4N10O6S/c1-42(61,41(60)53-29-12-9-25(21-48)32(20-29)43(45,46)47)22-64(62,63)30-15-13-27(14-16-30)49-17-5-3-4-6-34(58)52-28-10-7-24(8-11-28)37-36(39-50-23-51-57(39)2)38-35-31(40(59)56-55-38)18-26(44)19-33(35)54-37/h7-16,18-20,23,36-37,49,54,61H,3-6,17,22H2,1-2H3,(H,52,58)(H,53,60)(H,56,59)/t36-,37-,42?/m1/s1. The van der Waals surface area contributed by atoms with E-state index < -0.39 is 67.7 Å². The Morgan fingerprint density at radius 1 is 0.953 bits per heavy atom. The molecule has 6 N–H and O–H groups in total. The van der Waals surface area contributed by atoms with Crippen molar-refractivity contribution >= 4 is 55.2 Å². The van der Waals surface area contributed by atoms with Crippen LogP contribution < -0.4 is 26.8 Å². The molecule has 0 aliphatic carbocycles. The first-order valence-electron chi connectivity index (χ1n) is 19.8. The number of nitrogens with one attached hydrogen (secondary N) is 5. The van der Waals surface area contributed by atoms with Gasteiger partial charge in [-0.25, -0.2) is 22.9 Å². The van der Waals surface area contributed by atoms with Crippen LogP contribution in [0.15, 0.2) is 94.9 Å². The van der Waals surface area contributed by atoms with E-state index in [1.807, 2.05) is 12.1 Å². The van der Waals surface area contributed by atoms with E-state index in [0.717, 1.165) is 24.6 Å². The van der Waals surface area contributed by atoms with Crippen LogP contribution in [-0.4, -0.2) is 68.2 Å². The number of aromatic amines is 1. The van der Waals surface area contributed by atoms with Crippen LogP contribution in [0.2, 0.25) is 0 Å². The Labute approximate surface area is 362 Å². The third-order valence-corrected chi connectivity index (χ3v) is 12.6. The van der Waals surface area contributed by atoms with Gasteiger partial charge in [-0.05, 0) is 92.1 Å². The monoisotopic (exact) mass is 900 g/mol. The molecule has 7 rings (SSSR count). The molecular weight excluding hydrogens is 861 g/mol. The minimum Gasteiger partial charge on any atom is -0.385 e. The second-order valence-electron chi connectivity index (χ2n) is 15.4. The molecule has 0 saturated heterocycles. The quantitative estimate of drug-likeness (QED) is 0.0503. The van der Waals surface area contributed by atoms with E-state index in [-0.39, 0.29) is 28.3 Å². The number of H-pyrrole nitrogens is 1. The van der Waals surface area contributed by atoms with Gasteiger partial charge in [0.1, 0.15) is 18.0 Å². The van der Waals surface area contributed by atoms with Gasteiger partial charge in [0.15, 0.2) is 15.4 Å². The molecule has 64 heavy (non-hydrogen) atoms. The number of aromatic nitrogens is 5. The van der Waals surface area contributed by atoms with Gasteiger partial charge in [0.25, 0.3) is 11.5 Å². The van der Waals surface area contributed by atoms with Gasteiger partial charge in [0.05, 0.1) is 50.9 Å². The summed E-state index contributed by atoms with van der Waals surface area (Å²) < 4.78 is 82.5. The van der Waals surface area contributed by atoms with Crippen molar-refractivity contribution in [2.45, 2.75) is 61.2 Å². The topological polar surface area (TPSA) is 237 Å². The Kier molecular flexibility index (Phi) is 12.5. The van der Waals surface area contributed by atoms with Crippen LogP contribution in [0, 0.1) is 17.1 Å². The summed E-state index contributed by atoms with van der Waals surface area (Å²) in [4.78, 5) is 42.4. The average Bonchev–Trinajstić information content (AvgIpc) is 3.67. The molecule has 2 amide bonds. The van der Waals surface area contributed by atoms with E-state index in [1.165, 1.54) is 48.8 Å². The normalized spacial score (nSPS) is 15.7. The number of nitrogens with zero attached hydrogens (tertiary/aromatic N) is 5. The minimum atomic E-state index is -4.89.